The van der Waals surface area contributed by atoms with Crippen molar-refractivity contribution >= 4 is 17.7 Å². The highest BCUT2D eigenvalue weighted by Gasteiger charge is 2.35. The third-order valence-corrected chi connectivity index (χ3v) is 4.86. The van der Waals surface area contributed by atoms with Crippen LogP contribution < -0.4 is 10.2 Å². The van der Waals surface area contributed by atoms with Gasteiger partial charge < -0.3 is 20.1 Å². The van der Waals surface area contributed by atoms with Gasteiger partial charge in [-0.15, -0.1) is 0 Å². The number of nitrogens with one attached hydrogen (secondary N) is 1. The number of carboxylic acids is 1. The molecule has 3 rings (SSSR count). The van der Waals surface area contributed by atoms with Gasteiger partial charge in [0.15, 0.2) is 0 Å². The summed E-state index contributed by atoms with van der Waals surface area (Å²) in [6, 6.07) is -0.0328. The number of hydrogen-bond donors (Lipinski definition) is 2. The van der Waals surface area contributed by atoms with Gasteiger partial charge in [-0.2, -0.15) is 10.1 Å². The Balaban J connectivity index is 1.93. The molecule has 0 spiro atoms. The van der Waals surface area contributed by atoms with Crippen LogP contribution in [0.3, 0.4) is 0 Å². The van der Waals surface area contributed by atoms with E-state index >= 15 is 0 Å². The molecule has 0 saturated carbocycles. The van der Waals surface area contributed by atoms with Crippen LogP contribution in [0.1, 0.15) is 37.9 Å². The number of rotatable bonds is 6. The Kier molecular flexibility index (Phi) is 5.31. The molecule has 0 aromatic carbocycles. The number of aromatic nitrogens is 4. The van der Waals surface area contributed by atoms with Gasteiger partial charge in [-0.25, -0.2) is 4.98 Å². The number of hydrogen-bond acceptors (Lipinski definition) is 7. The smallest absolute Gasteiger partial charge is 0.313 e. The molecular formula is C18H26N6O3. The molecule has 2 aromatic rings. The largest absolute Gasteiger partial charge is 0.481 e. The lowest BCUT2D eigenvalue weighted by Crippen LogP contribution is -2.40. The lowest BCUT2D eigenvalue weighted by molar-refractivity contribution is -0.142. The molecule has 1 unspecified atom stereocenters. The highest BCUT2D eigenvalue weighted by atomic mass is 16.5. The zero-order valence-corrected chi connectivity index (χ0v) is 16.1. The van der Waals surface area contributed by atoms with Crippen molar-refractivity contribution in [1.29, 1.82) is 0 Å². The summed E-state index contributed by atoms with van der Waals surface area (Å²) in [4.78, 5) is 22.9. The second-order valence-corrected chi connectivity index (χ2v) is 7.27. The number of ether oxygens (including phenoxy) is 1. The topological polar surface area (TPSA) is 105 Å². The van der Waals surface area contributed by atoms with E-state index < -0.39 is 11.4 Å². The molecule has 9 nitrogen and oxygen atoms in total. The van der Waals surface area contributed by atoms with Crippen LogP contribution in [0.15, 0.2) is 18.6 Å². The minimum absolute atomic E-state index is 0.0328. The Morgan fingerprint density at radius 2 is 2.04 bits per heavy atom. The molecule has 27 heavy (non-hydrogen) atoms. The average Bonchev–Trinajstić information content (AvgIpc) is 3.08. The van der Waals surface area contributed by atoms with E-state index in [1.807, 2.05) is 20.2 Å². The van der Waals surface area contributed by atoms with Crippen molar-refractivity contribution in [3.63, 3.8) is 0 Å². The Morgan fingerprint density at radius 1 is 1.33 bits per heavy atom. The van der Waals surface area contributed by atoms with Gasteiger partial charge in [0.05, 0.1) is 30.9 Å². The maximum atomic E-state index is 11.8. The van der Waals surface area contributed by atoms with E-state index in [2.05, 4.69) is 25.3 Å². The highest BCUT2D eigenvalue weighted by molar-refractivity contribution is 5.82. The van der Waals surface area contributed by atoms with Crippen LogP contribution in [0.5, 0.6) is 0 Å². The second-order valence-electron chi connectivity index (χ2n) is 7.27. The van der Waals surface area contributed by atoms with E-state index in [1.54, 1.807) is 30.9 Å². The van der Waals surface area contributed by atoms with E-state index in [0.29, 0.717) is 43.6 Å². The third kappa shape index (κ3) is 4.02. The van der Waals surface area contributed by atoms with E-state index in [-0.39, 0.29) is 6.04 Å². The molecule has 0 bridgehead atoms. The molecule has 1 saturated heterocycles. The van der Waals surface area contributed by atoms with Crippen LogP contribution in [0.4, 0.5) is 11.8 Å². The number of morpholine rings is 1. The van der Waals surface area contributed by atoms with E-state index in [9.17, 15) is 9.90 Å². The molecule has 0 amide bonds. The summed E-state index contributed by atoms with van der Waals surface area (Å²) in [7, 11) is 1.87. The predicted octanol–water partition coefficient (Wildman–Crippen LogP) is 1.58. The molecular weight excluding hydrogens is 348 g/mol. The number of aliphatic carboxylic acids is 1. The average molecular weight is 374 g/mol. The first kappa shape index (κ1) is 19.1. The molecule has 9 heteroatoms. The molecule has 1 aliphatic heterocycles. The lowest BCUT2D eigenvalue weighted by atomic mass is 9.85. The minimum atomic E-state index is -1.10. The first-order valence-corrected chi connectivity index (χ1v) is 8.97. The van der Waals surface area contributed by atoms with Gasteiger partial charge in [0.2, 0.25) is 5.95 Å². The van der Waals surface area contributed by atoms with Crippen LogP contribution >= 0.6 is 0 Å². The molecule has 1 aliphatic rings. The highest BCUT2D eigenvalue weighted by Crippen LogP contribution is 2.32. The fourth-order valence-corrected chi connectivity index (χ4v) is 2.96. The molecule has 2 aromatic heterocycles. The molecule has 1 fully saturated rings. The fraction of sp³-hybridized carbons (Fsp3) is 0.556. The maximum Gasteiger partial charge on any atom is 0.313 e. The summed E-state index contributed by atoms with van der Waals surface area (Å²) < 4.78 is 7.16. The van der Waals surface area contributed by atoms with Crippen LogP contribution in [0, 0.1) is 0 Å². The standard InChI is InChI=1S/C18H26N6O3/c1-12(13-9-20-23(4)11-13)21-17-19-10-14(18(2,3)16(25)26)15(22-17)24-5-7-27-8-6-24/h9-12H,5-8H2,1-4H3,(H,25,26)(H,19,21,22). The van der Waals surface area contributed by atoms with Gasteiger partial charge in [0.1, 0.15) is 5.82 Å². The van der Waals surface area contributed by atoms with E-state index in [1.165, 1.54) is 0 Å². The van der Waals surface area contributed by atoms with Crippen LogP contribution in [-0.2, 0) is 22.0 Å². The van der Waals surface area contributed by atoms with Gasteiger partial charge in [0.25, 0.3) is 0 Å². The lowest BCUT2D eigenvalue weighted by Gasteiger charge is -2.32. The van der Waals surface area contributed by atoms with E-state index in [4.69, 9.17) is 4.74 Å². The van der Waals surface area contributed by atoms with Crippen molar-refractivity contribution in [1.82, 2.24) is 19.7 Å². The number of carboxylic acid groups (broad SMARTS) is 1. The number of anilines is 2. The quantitative estimate of drug-likeness (QED) is 0.785. The zero-order chi connectivity index (χ0) is 19.6. The number of carbonyl (C=O) groups is 1. The van der Waals surface area contributed by atoms with Gasteiger partial charge in [-0.1, -0.05) is 0 Å². The van der Waals surface area contributed by atoms with Crippen LogP contribution in [0.2, 0.25) is 0 Å². The maximum absolute atomic E-state index is 11.8. The van der Waals surface area contributed by atoms with Crippen molar-refractivity contribution in [3.05, 3.63) is 29.7 Å². The monoisotopic (exact) mass is 374 g/mol. The van der Waals surface area contributed by atoms with Crippen molar-refractivity contribution in [2.75, 3.05) is 36.5 Å². The Hall–Kier alpha value is -2.68. The first-order valence-electron chi connectivity index (χ1n) is 8.97. The van der Waals surface area contributed by atoms with Crippen molar-refractivity contribution in [2.24, 2.45) is 7.05 Å². The zero-order valence-electron chi connectivity index (χ0n) is 16.1. The van der Waals surface area contributed by atoms with E-state index in [0.717, 1.165) is 5.56 Å². The van der Waals surface area contributed by atoms with Crippen molar-refractivity contribution < 1.29 is 14.6 Å². The van der Waals surface area contributed by atoms with Gasteiger partial charge >= 0.3 is 5.97 Å². The number of aryl methyl sites for hydroxylation is 1. The first-order chi connectivity index (χ1) is 12.8. The molecule has 0 radical (unpaired) electrons. The number of nitrogens with zero attached hydrogens (tertiary/aromatic N) is 5. The Morgan fingerprint density at radius 3 is 2.63 bits per heavy atom. The molecule has 146 valence electrons. The van der Waals surface area contributed by atoms with Crippen LogP contribution in [0.25, 0.3) is 0 Å². The molecule has 3 heterocycles. The van der Waals surface area contributed by atoms with Crippen molar-refractivity contribution in [2.45, 2.75) is 32.2 Å². The SMILES string of the molecule is CC(Nc1ncc(C(C)(C)C(=O)O)c(N2CCOCC2)n1)c1cnn(C)c1. The van der Waals surface area contributed by atoms with Gasteiger partial charge in [0, 0.05) is 43.7 Å². The summed E-state index contributed by atoms with van der Waals surface area (Å²) in [5, 5.41) is 17.1. The molecule has 2 N–H and O–H groups in total. The predicted molar refractivity (Wildman–Crippen MR) is 101 cm³/mol. The van der Waals surface area contributed by atoms with Crippen LogP contribution in [-0.4, -0.2) is 57.1 Å². The molecule has 1 atom stereocenters. The summed E-state index contributed by atoms with van der Waals surface area (Å²) in [6.45, 7) is 7.85. The molecule has 0 aliphatic carbocycles. The third-order valence-electron chi connectivity index (χ3n) is 4.86. The minimum Gasteiger partial charge on any atom is -0.481 e. The fourth-order valence-electron chi connectivity index (χ4n) is 2.96. The summed E-state index contributed by atoms with van der Waals surface area (Å²) in [5.74, 6) is 0.185. The Bertz CT molecular complexity index is 813. The van der Waals surface area contributed by atoms with Gasteiger partial charge in [-0.05, 0) is 20.8 Å². The summed E-state index contributed by atoms with van der Waals surface area (Å²) >= 11 is 0. The second kappa shape index (κ2) is 7.51. The van der Waals surface area contributed by atoms with Crippen molar-refractivity contribution in [3.8, 4) is 0 Å². The van der Waals surface area contributed by atoms with Gasteiger partial charge in [-0.3, -0.25) is 9.48 Å². The summed E-state index contributed by atoms with van der Waals surface area (Å²) in [5.41, 5.74) is 0.515. The normalized spacial score (nSPS) is 16.2. The Labute approximate surface area is 158 Å². The summed E-state index contributed by atoms with van der Waals surface area (Å²) in [6.07, 6.45) is 5.34.